The quantitative estimate of drug-likeness (QED) is 0.605. The van der Waals surface area contributed by atoms with Crippen LogP contribution in [0.15, 0.2) is 45.8 Å². The average Bonchev–Trinajstić information content (AvgIpc) is 2.97. The van der Waals surface area contributed by atoms with Gasteiger partial charge in [-0.25, -0.2) is 23.1 Å². The Labute approximate surface area is 136 Å². The van der Waals surface area contributed by atoms with Crippen molar-refractivity contribution in [2.24, 2.45) is 0 Å². The summed E-state index contributed by atoms with van der Waals surface area (Å²) >= 11 is 3.16. The van der Waals surface area contributed by atoms with Crippen LogP contribution in [-0.4, -0.2) is 15.1 Å². The van der Waals surface area contributed by atoms with E-state index >= 15 is 0 Å². The number of aromatic nitrogens is 3. The molecule has 3 rings (SSSR count). The minimum absolute atomic E-state index is 0.0487. The second-order valence-corrected chi connectivity index (χ2v) is 5.12. The minimum Gasteiger partial charge on any atom is -0.438 e. The minimum atomic E-state index is -2.82. The Morgan fingerprint density at radius 1 is 1.17 bits per heavy atom. The highest BCUT2D eigenvalue weighted by Gasteiger charge is 2.21. The van der Waals surface area contributed by atoms with E-state index in [4.69, 9.17) is 9.26 Å². The third-order valence-corrected chi connectivity index (χ3v) is 3.23. The van der Waals surface area contributed by atoms with Gasteiger partial charge in [-0.15, -0.1) is 0 Å². The van der Waals surface area contributed by atoms with Gasteiger partial charge < -0.3 is 9.26 Å². The topological polar surface area (TPSA) is 61.0 Å². The number of halogens is 4. The van der Waals surface area contributed by atoms with Crippen molar-refractivity contribution >= 4 is 15.9 Å². The molecule has 0 aliphatic heterocycles. The van der Waals surface area contributed by atoms with E-state index in [0.717, 1.165) is 12.1 Å². The first kappa shape index (κ1) is 15.5. The summed E-state index contributed by atoms with van der Waals surface area (Å²) in [5.41, 5.74) is -0.708. The molecule has 0 saturated carbocycles. The Balaban J connectivity index is 2.02. The smallest absolute Gasteiger partial charge is 0.283 e. The summed E-state index contributed by atoms with van der Waals surface area (Å²) in [4.78, 5) is 7.72. The highest BCUT2D eigenvalue weighted by molar-refractivity contribution is 9.10. The highest BCUT2D eigenvalue weighted by atomic mass is 79.9. The van der Waals surface area contributed by atoms with Gasteiger partial charge in [0.25, 0.3) is 6.43 Å². The standard InChI is InChI=1S/C14H7BrF3N3O2/c15-11-5-12(20-6-19-11)22-9-3-1-2-7(16)13(9)10-4-8(14(17)18)21-23-10/h1-6,14H. The zero-order valence-electron chi connectivity index (χ0n) is 11.2. The predicted octanol–water partition coefficient (Wildman–Crippen LogP) is 4.76. The molecule has 118 valence electrons. The van der Waals surface area contributed by atoms with Gasteiger partial charge in [-0.05, 0) is 28.1 Å². The molecule has 0 N–H and O–H groups in total. The Morgan fingerprint density at radius 2 is 2.00 bits per heavy atom. The molecule has 3 aromatic rings. The van der Waals surface area contributed by atoms with Crippen molar-refractivity contribution < 1.29 is 22.4 Å². The summed E-state index contributed by atoms with van der Waals surface area (Å²) in [6, 6.07) is 6.46. The van der Waals surface area contributed by atoms with E-state index in [9.17, 15) is 13.2 Å². The number of nitrogens with zero attached hydrogens (tertiary/aromatic N) is 3. The summed E-state index contributed by atoms with van der Waals surface area (Å²) in [6.45, 7) is 0. The van der Waals surface area contributed by atoms with Gasteiger partial charge in [0, 0.05) is 12.1 Å². The first-order chi connectivity index (χ1) is 11.0. The van der Waals surface area contributed by atoms with Gasteiger partial charge in [-0.1, -0.05) is 11.2 Å². The number of hydrogen-bond acceptors (Lipinski definition) is 5. The van der Waals surface area contributed by atoms with Crippen molar-refractivity contribution in [3.8, 4) is 23.0 Å². The van der Waals surface area contributed by atoms with Crippen LogP contribution in [0.3, 0.4) is 0 Å². The molecule has 0 saturated heterocycles. The maximum Gasteiger partial charge on any atom is 0.283 e. The van der Waals surface area contributed by atoms with E-state index in [1.807, 2.05) is 0 Å². The molecule has 0 amide bonds. The summed E-state index contributed by atoms with van der Waals surface area (Å²) in [6.07, 6.45) is -1.57. The van der Waals surface area contributed by atoms with Crippen LogP contribution >= 0.6 is 15.9 Å². The normalized spacial score (nSPS) is 11.0. The molecule has 2 heterocycles. The Morgan fingerprint density at radius 3 is 2.70 bits per heavy atom. The molecule has 0 aliphatic rings. The van der Waals surface area contributed by atoms with Gasteiger partial charge in [-0.2, -0.15) is 0 Å². The zero-order chi connectivity index (χ0) is 16.4. The van der Waals surface area contributed by atoms with E-state index in [1.165, 1.54) is 24.5 Å². The predicted molar refractivity (Wildman–Crippen MR) is 76.7 cm³/mol. The second kappa shape index (κ2) is 6.37. The summed E-state index contributed by atoms with van der Waals surface area (Å²) in [5, 5.41) is 3.22. The fraction of sp³-hybridized carbons (Fsp3) is 0.0714. The number of ether oxygens (including phenoxy) is 1. The third-order valence-electron chi connectivity index (χ3n) is 2.80. The van der Waals surface area contributed by atoms with Gasteiger partial charge in [0.1, 0.15) is 28.2 Å². The lowest BCUT2D eigenvalue weighted by molar-refractivity contribution is 0.140. The molecule has 23 heavy (non-hydrogen) atoms. The first-order valence-corrected chi connectivity index (χ1v) is 7.03. The van der Waals surface area contributed by atoms with E-state index < -0.39 is 17.9 Å². The summed E-state index contributed by atoms with van der Waals surface area (Å²) in [5.74, 6) is -0.672. The van der Waals surface area contributed by atoms with Crippen molar-refractivity contribution in [2.45, 2.75) is 6.43 Å². The maximum absolute atomic E-state index is 14.1. The molecule has 0 radical (unpaired) electrons. The molecule has 1 aromatic carbocycles. The molecule has 0 bridgehead atoms. The van der Waals surface area contributed by atoms with Crippen LogP contribution in [0, 0.1) is 5.82 Å². The van der Waals surface area contributed by atoms with Crippen molar-refractivity contribution in [2.75, 3.05) is 0 Å². The van der Waals surface area contributed by atoms with Crippen LogP contribution in [-0.2, 0) is 0 Å². The second-order valence-electron chi connectivity index (χ2n) is 4.31. The Bertz CT molecular complexity index is 842. The molecule has 0 aliphatic carbocycles. The number of alkyl halides is 2. The van der Waals surface area contributed by atoms with Crippen LogP contribution in [0.5, 0.6) is 11.6 Å². The van der Waals surface area contributed by atoms with E-state index in [1.54, 1.807) is 0 Å². The van der Waals surface area contributed by atoms with Crippen LogP contribution in [0.2, 0.25) is 0 Å². The van der Waals surface area contributed by atoms with Crippen LogP contribution in [0.4, 0.5) is 13.2 Å². The molecular weight excluding hydrogens is 379 g/mol. The van der Waals surface area contributed by atoms with Gasteiger partial charge in [-0.3, -0.25) is 0 Å². The number of rotatable bonds is 4. The van der Waals surface area contributed by atoms with Crippen LogP contribution < -0.4 is 4.74 Å². The fourth-order valence-electron chi connectivity index (χ4n) is 1.82. The fourth-order valence-corrected chi connectivity index (χ4v) is 2.11. The van der Waals surface area contributed by atoms with Crippen molar-refractivity contribution in [3.63, 3.8) is 0 Å². The van der Waals surface area contributed by atoms with E-state index in [2.05, 4.69) is 31.1 Å². The van der Waals surface area contributed by atoms with Crippen LogP contribution in [0.1, 0.15) is 12.1 Å². The number of benzene rings is 1. The summed E-state index contributed by atoms with van der Waals surface area (Å²) < 4.78 is 50.1. The largest absolute Gasteiger partial charge is 0.438 e. The zero-order valence-corrected chi connectivity index (χ0v) is 12.8. The molecular formula is C14H7BrF3N3O2. The molecule has 0 unspecified atom stereocenters. The van der Waals surface area contributed by atoms with Gasteiger partial charge in [0.05, 0.1) is 5.56 Å². The van der Waals surface area contributed by atoms with Crippen molar-refractivity contribution in [1.29, 1.82) is 0 Å². The molecule has 0 spiro atoms. The van der Waals surface area contributed by atoms with Gasteiger partial charge >= 0.3 is 0 Å². The van der Waals surface area contributed by atoms with Crippen LogP contribution in [0.25, 0.3) is 11.3 Å². The van der Waals surface area contributed by atoms with Crippen molar-refractivity contribution in [3.05, 3.63) is 52.8 Å². The lowest BCUT2D eigenvalue weighted by Gasteiger charge is -2.09. The molecule has 2 aromatic heterocycles. The Hall–Kier alpha value is -2.42. The maximum atomic E-state index is 14.1. The Kier molecular flexibility index (Phi) is 4.28. The first-order valence-electron chi connectivity index (χ1n) is 6.23. The highest BCUT2D eigenvalue weighted by Crippen LogP contribution is 2.36. The summed E-state index contributed by atoms with van der Waals surface area (Å²) in [7, 11) is 0. The molecule has 0 fully saturated rings. The van der Waals surface area contributed by atoms with Gasteiger partial charge in [0.15, 0.2) is 5.76 Å². The average molecular weight is 386 g/mol. The third kappa shape index (κ3) is 3.34. The van der Waals surface area contributed by atoms with E-state index in [0.29, 0.717) is 4.60 Å². The van der Waals surface area contributed by atoms with E-state index in [-0.39, 0.29) is 23.0 Å². The molecule has 0 atom stereocenters. The lowest BCUT2D eigenvalue weighted by atomic mass is 10.1. The van der Waals surface area contributed by atoms with Gasteiger partial charge in [0.2, 0.25) is 5.88 Å². The van der Waals surface area contributed by atoms with Crippen molar-refractivity contribution in [1.82, 2.24) is 15.1 Å². The molecule has 9 heteroatoms. The number of hydrogen-bond donors (Lipinski definition) is 0. The molecule has 5 nitrogen and oxygen atoms in total. The lowest BCUT2D eigenvalue weighted by Crippen LogP contribution is -1.93. The monoisotopic (exact) mass is 385 g/mol. The SMILES string of the molecule is Fc1cccc(Oc2cc(Br)ncn2)c1-c1cc(C(F)F)no1.